The molecule has 2 atom stereocenters. The molecule has 184 valence electrons. The number of carbonyl (C=O) groups is 2. The van der Waals surface area contributed by atoms with E-state index in [1.807, 2.05) is 0 Å². The second kappa shape index (κ2) is 9.87. The third-order valence-electron chi connectivity index (χ3n) is 5.49. The van der Waals surface area contributed by atoms with E-state index in [1.54, 1.807) is 30.3 Å². The van der Waals surface area contributed by atoms with E-state index in [4.69, 9.17) is 4.74 Å². The van der Waals surface area contributed by atoms with Crippen LogP contribution in [-0.2, 0) is 20.9 Å². The predicted molar refractivity (Wildman–Crippen MR) is 119 cm³/mol. The molecule has 1 aliphatic rings. The highest BCUT2D eigenvalue weighted by Gasteiger charge is 2.37. The second-order valence-electron chi connectivity index (χ2n) is 8.15. The molecule has 0 aliphatic carbocycles. The van der Waals surface area contributed by atoms with Crippen LogP contribution in [0.15, 0.2) is 54.6 Å². The first kappa shape index (κ1) is 24.4. The molecule has 1 fully saturated rings. The number of halogens is 4. The first-order chi connectivity index (χ1) is 16.6. The van der Waals surface area contributed by atoms with Crippen LogP contribution in [0.5, 0.6) is 0 Å². The number of carbonyl (C=O) groups excluding carboxylic acids is 2. The molecule has 2 aromatic carbocycles. The Morgan fingerprint density at radius 2 is 1.97 bits per heavy atom. The van der Waals surface area contributed by atoms with Crippen LogP contribution in [-0.4, -0.2) is 39.9 Å². The topological polar surface area (TPSA) is 85.2 Å². The summed E-state index contributed by atoms with van der Waals surface area (Å²) in [5, 5.41) is 9.66. The van der Waals surface area contributed by atoms with Gasteiger partial charge in [0.15, 0.2) is 11.9 Å². The smallest absolute Gasteiger partial charge is 0.364 e. The van der Waals surface area contributed by atoms with E-state index >= 15 is 0 Å². The molecule has 2 amide bonds. The summed E-state index contributed by atoms with van der Waals surface area (Å²) >= 11 is 0. The number of benzene rings is 2. The zero-order chi connectivity index (χ0) is 25.2. The third-order valence-corrected chi connectivity index (χ3v) is 5.49. The summed E-state index contributed by atoms with van der Waals surface area (Å²) in [6, 6.07) is 13.5. The van der Waals surface area contributed by atoms with Gasteiger partial charge in [-0.1, -0.05) is 18.2 Å². The van der Waals surface area contributed by atoms with Gasteiger partial charge in [-0.05, 0) is 49.2 Å². The van der Waals surface area contributed by atoms with Crippen LogP contribution in [0, 0.1) is 5.82 Å². The molecule has 11 heteroatoms. The number of nitrogens with zero attached hydrogens (tertiary/aromatic N) is 2. The van der Waals surface area contributed by atoms with Crippen molar-refractivity contribution in [3.63, 3.8) is 0 Å². The minimum atomic E-state index is -4.53. The number of rotatable bonds is 7. The van der Waals surface area contributed by atoms with Crippen molar-refractivity contribution < 1.29 is 31.9 Å². The summed E-state index contributed by atoms with van der Waals surface area (Å²) in [6.45, 7) is 0.433. The van der Waals surface area contributed by atoms with Crippen LogP contribution < -0.4 is 10.6 Å². The number of alkyl halides is 3. The quantitative estimate of drug-likeness (QED) is 0.482. The molecule has 0 saturated carbocycles. The van der Waals surface area contributed by atoms with Gasteiger partial charge in [0, 0.05) is 18.1 Å². The largest absolute Gasteiger partial charge is 0.414 e. The van der Waals surface area contributed by atoms with Gasteiger partial charge in [0.25, 0.3) is 0 Å². The second-order valence-corrected chi connectivity index (χ2v) is 8.15. The molecule has 0 bridgehead atoms. The van der Waals surface area contributed by atoms with Gasteiger partial charge >= 0.3 is 6.18 Å². The fourth-order valence-corrected chi connectivity index (χ4v) is 3.64. The van der Waals surface area contributed by atoms with Gasteiger partial charge in [-0.15, -0.1) is 5.10 Å². The van der Waals surface area contributed by atoms with Crippen LogP contribution in [0.4, 0.5) is 23.4 Å². The zero-order valence-electron chi connectivity index (χ0n) is 18.6. The Balaban J connectivity index is 1.65. The molecule has 2 heterocycles. The van der Waals surface area contributed by atoms with E-state index in [0.717, 1.165) is 13.0 Å². The van der Waals surface area contributed by atoms with E-state index in [1.165, 1.54) is 22.9 Å². The van der Waals surface area contributed by atoms with E-state index in [0.29, 0.717) is 23.4 Å². The molecule has 0 radical (unpaired) electrons. The van der Waals surface area contributed by atoms with Crippen molar-refractivity contribution in [1.29, 1.82) is 0 Å². The van der Waals surface area contributed by atoms with E-state index < -0.39 is 36.7 Å². The van der Waals surface area contributed by atoms with Crippen molar-refractivity contribution in [2.24, 2.45) is 0 Å². The maximum atomic E-state index is 14.4. The molecule has 3 aromatic rings. The lowest BCUT2D eigenvalue weighted by molar-refractivity contribution is -0.217. The molecule has 4 rings (SSSR count). The lowest BCUT2D eigenvalue weighted by atomic mass is 10.1. The number of para-hydroxylation sites is 1. The summed E-state index contributed by atoms with van der Waals surface area (Å²) in [6.07, 6.45) is -5.93. The highest BCUT2D eigenvalue weighted by Crippen LogP contribution is 2.29. The molecule has 1 aliphatic heterocycles. The fourth-order valence-electron chi connectivity index (χ4n) is 3.64. The highest BCUT2D eigenvalue weighted by molar-refractivity contribution is 5.98. The van der Waals surface area contributed by atoms with Crippen molar-refractivity contribution in [2.75, 3.05) is 5.32 Å². The summed E-state index contributed by atoms with van der Waals surface area (Å²) in [7, 11) is 0. The SMILES string of the molecule is C[C@@H](OCc1cc(F)cc(-c2cc(NC(=O)[C@@H]3CCC(=O)N3)nn2-c2ccccc2)c1)C(F)(F)F. The summed E-state index contributed by atoms with van der Waals surface area (Å²) in [5.74, 6) is -1.15. The Bertz CT molecular complexity index is 1230. The minimum Gasteiger partial charge on any atom is -0.364 e. The van der Waals surface area contributed by atoms with E-state index in [-0.39, 0.29) is 23.7 Å². The first-order valence-corrected chi connectivity index (χ1v) is 10.8. The van der Waals surface area contributed by atoms with Crippen LogP contribution in [0.25, 0.3) is 16.9 Å². The number of amides is 2. The van der Waals surface area contributed by atoms with Crippen LogP contribution in [0.2, 0.25) is 0 Å². The van der Waals surface area contributed by atoms with Crippen molar-refractivity contribution in [3.05, 3.63) is 66.0 Å². The highest BCUT2D eigenvalue weighted by atomic mass is 19.4. The van der Waals surface area contributed by atoms with Crippen LogP contribution >= 0.6 is 0 Å². The van der Waals surface area contributed by atoms with E-state index in [2.05, 4.69) is 15.7 Å². The van der Waals surface area contributed by atoms with Crippen molar-refractivity contribution >= 4 is 17.6 Å². The minimum absolute atomic E-state index is 0.169. The Morgan fingerprint density at radius 3 is 2.63 bits per heavy atom. The molecule has 1 saturated heterocycles. The fraction of sp³-hybridized carbons (Fsp3) is 0.292. The number of anilines is 1. The lowest BCUT2D eigenvalue weighted by Crippen LogP contribution is -2.37. The number of ether oxygens (including phenoxy) is 1. The third kappa shape index (κ3) is 5.86. The molecule has 2 N–H and O–H groups in total. The monoisotopic (exact) mass is 490 g/mol. The normalized spacial score (nSPS) is 16.7. The van der Waals surface area contributed by atoms with Crippen LogP contribution in [0.1, 0.15) is 25.3 Å². The van der Waals surface area contributed by atoms with Gasteiger partial charge in [-0.2, -0.15) is 13.2 Å². The predicted octanol–water partition coefficient (Wildman–Crippen LogP) is 4.36. The number of nitrogens with one attached hydrogen (secondary N) is 2. The summed E-state index contributed by atoms with van der Waals surface area (Å²) in [4.78, 5) is 24.0. The van der Waals surface area contributed by atoms with Crippen molar-refractivity contribution in [3.8, 4) is 16.9 Å². The molecule has 0 spiro atoms. The standard InChI is InChI=1S/C24H22F4N4O3/c1-14(24(26,27)28)35-13-15-9-16(11-17(25)10-15)20-12-21(30-23(34)19-7-8-22(33)29-19)31-32(20)18-5-3-2-4-6-18/h2-6,9-12,14,19H,7-8,13H2,1H3,(H,29,33)(H,30,31,34)/t14-,19+/m1/s1. The Hall–Kier alpha value is -3.73. The molecule has 0 unspecified atom stereocenters. The Morgan fingerprint density at radius 1 is 1.23 bits per heavy atom. The van der Waals surface area contributed by atoms with Gasteiger partial charge in [-0.25, -0.2) is 9.07 Å². The first-order valence-electron chi connectivity index (χ1n) is 10.8. The number of aromatic nitrogens is 2. The van der Waals surface area contributed by atoms with Crippen molar-refractivity contribution in [2.45, 2.75) is 44.7 Å². The Labute approximate surface area is 198 Å². The van der Waals surface area contributed by atoms with Gasteiger partial charge in [0.2, 0.25) is 11.8 Å². The molecule has 7 nitrogen and oxygen atoms in total. The average Bonchev–Trinajstić information content (AvgIpc) is 3.43. The maximum absolute atomic E-state index is 14.4. The summed E-state index contributed by atoms with van der Waals surface area (Å²) in [5.41, 5.74) is 1.54. The van der Waals surface area contributed by atoms with Gasteiger partial charge in [-0.3, -0.25) is 9.59 Å². The van der Waals surface area contributed by atoms with Gasteiger partial charge in [0.1, 0.15) is 11.9 Å². The average molecular weight is 490 g/mol. The summed E-state index contributed by atoms with van der Waals surface area (Å²) < 4.78 is 59.2. The van der Waals surface area contributed by atoms with E-state index in [9.17, 15) is 27.2 Å². The van der Waals surface area contributed by atoms with Gasteiger partial charge in [0.05, 0.1) is 18.0 Å². The molecular formula is C24H22F4N4O3. The zero-order valence-corrected chi connectivity index (χ0v) is 18.6. The lowest BCUT2D eigenvalue weighted by Gasteiger charge is -2.16. The number of hydrogen-bond donors (Lipinski definition) is 2. The van der Waals surface area contributed by atoms with Crippen LogP contribution in [0.3, 0.4) is 0 Å². The molecule has 35 heavy (non-hydrogen) atoms. The van der Waals surface area contributed by atoms with Gasteiger partial charge < -0.3 is 15.4 Å². The maximum Gasteiger partial charge on any atom is 0.414 e. The molecule has 1 aromatic heterocycles. The Kier molecular flexibility index (Phi) is 6.88. The number of hydrogen-bond acceptors (Lipinski definition) is 4. The molecular weight excluding hydrogens is 468 g/mol. The van der Waals surface area contributed by atoms with Crippen molar-refractivity contribution in [1.82, 2.24) is 15.1 Å².